The van der Waals surface area contributed by atoms with E-state index in [9.17, 15) is 5.11 Å². The molecule has 0 spiro atoms. The van der Waals surface area contributed by atoms with Crippen molar-refractivity contribution >= 4 is 0 Å². The SMILES string of the molecule is C\C=C/C=C\C(=C/C)C(O)c1ccc(C)cc1. The third-order valence-corrected chi connectivity index (χ3v) is 2.63. The molecule has 1 aromatic carbocycles. The topological polar surface area (TPSA) is 20.2 Å². The van der Waals surface area contributed by atoms with Crippen molar-refractivity contribution in [1.29, 1.82) is 0 Å². The minimum Gasteiger partial charge on any atom is -0.384 e. The lowest BCUT2D eigenvalue weighted by molar-refractivity contribution is 0.219. The lowest BCUT2D eigenvalue weighted by Crippen LogP contribution is -1.99. The molecule has 0 radical (unpaired) electrons. The number of allylic oxidation sites excluding steroid dienone is 4. The Balaban J connectivity index is 2.86. The van der Waals surface area contributed by atoms with Crippen LogP contribution in [0.5, 0.6) is 0 Å². The van der Waals surface area contributed by atoms with Crippen LogP contribution in [-0.4, -0.2) is 5.11 Å². The molecular formula is C16H20O. The highest BCUT2D eigenvalue weighted by Gasteiger charge is 2.09. The van der Waals surface area contributed by atoms with E-state index in [0.29, 0.717) is 0 Å². The second kappa shape index (κ2) is 6.87. The van der Waals surface area contributed by atoms with Crippen LogP contribution in [0.3, 0.4) is 0 Å². The second-order valence-electron chi connectivity index (χ2n) is 3.99. The molecule has 17 heavy (non-hydrogen) atoms. The fraction of sp³-hybridized carbons (Fsp3) is 0.250. The number of rotatable bonds is 4. The van der Waals surface area contributed by atoms with E-state index in [0.717, 1.165) is 11.1 Å². The Morgan fingerprint density at radius 1 is 1.12 bits per heavy atom. The first-order valence-corrected chi connectivity index (χ1v) is 5.89. The monoisotopic (exact) mass is 228 g/mol. The Bertz CT molecular complexity index is 421. The van der Waals surface area contributed by atoms with Crippen LogP contribution in [0.15, 0.2) is 60.2 Å². The molecule has 1 unspecified atom stereocenters. The van der Waals surface area contributed by atoms with Gasteiger partial charge in [0, 0.05) is 0 Å². The summed E-state index contributed by atoms with van der Waals surface area (Å²) in [5, 5.41) is 10.2. The molecule has 1 rings (SSSR count). The molecule has 0 aromatic heterocycles. The third-order valence-electron chi connectivity index (χ3n) is 2.63. The van der Waals surface area contributed by atoms with Gasteiger partial charge in [0.1, 0.15) is 6.10 Å². The Labute approximate surface area is 104 Å². The summed E-state index contributed by atoms with van der Waals surface area (Å²) < 4.78 is 0. The first-order valence-electron chi connectivity index (χ1n) is 5.89. The number of aliphatic hydroxyl groups is 1. The molecule has 1 atom stereocenters. The standard InChI is InChI=1S/C16H20O/c1-4-6-7-8-14(5-2)16(17)15-11-9-13(3)10-12-15/h4-12,16-17H,1-3H3/b6-4-,8-7-,14-5+. The molecule has 0 heterocycles. The molecule has 1 nitrogen and oxygen atoms in total. The van der Waals surface area contributed by atoms with Crippen molar-refractivity contribution in [2.45, 2.75) is 26.9 Å². The van der Waals surface area contributed by atoms with Gasteiger partial charge in [0.2, 0.25) is 0 Å². The highest BCUT2D eigenvalue weighted by Crippen LogP contribution is 2.22. The van der Waals surface area contributed by atoms with Gasteiger partial charge in [-0.3, -0.25) is 0 Å². The van der Waals surface area contributed by atoms with Crippen molar-refractivity contribution in [2.75, 3.05) is 0 Å². The molecule has 1 heteroatoms. The smallest absolute Gasteiger partial charge is 0.104 e. The van der Waals surface area contributed by atoms with Crippen LogP contribution in [0.1, 0.15) is 31.1 Å². The van der Waals surface area contributed by atoms with Gasteiger partial charge in [-0.25, -0.2) is 0 Å². The predicted octanol–water partition coefficient (Wildman–Crippen LogP) is 4.11. The molecule has 0 saturated heterocycles. The summed E-state index contributed by atoms with van der Waals surface area (Å²) in [6.45, 7) is 5.95. The van der Waals surface area contributed by atoms with Crippen molar-refractivity contribution in [3.63, 3.8) is 0 Å². The summed E-state index contributed by atoms with van der Waals surface area (Å²) in [5.41, 5.74) is 3.04. The van der Waals surface area contributed by atoms with Crippen LogP contribution in [0.4, 0.5) is 0 Å². The number of aliphatic hydroxyl groups excluding tert-OH is 1. The first kappa shape index (κ1) is 13.5. The third kappa shape index (κ3) is 4.04. The molecule has 0 fully saturated rings. The molecule has 0 saturated carbocycles. The number of hydrogen-bond donors (Lipinski definition) is 1. The van der Waals surface area contributed by atoms with Crippen LogP contribution in [-0.2, 0) is 0 Å². The van der Waals surface area contributed by atoms with E-state index in [4.69, 9.17) is 0 Å². The number of hydrogen-bond acceptors (Lipinski definition) is 1. The molecule has 1 aromatic rings. The van der Waals surface area contributed by atoms with Crippen LogP contribution >= 0.6 is 0 Å². The maximum absolute atomic E-state index is 10.2. The predicted molar refractivity (Wildman–Crippen MR) is 73.8 cm³/mol. The van der Waals surface area contributed by atoms with E-state index >= 15 is 0 Å². The average molecular weight is 228 g/mol. The number of benzene rings is 1. The normalized spacial score (nSPS) is 14.7. The van der Waals surface area contributed by atoms with E-state index in [2.05, 4.69) is 0 Å². The van der Waals surface area contributed by atoms with Crippen LogP contribution in [0, 0.1) is 6.92 Å². The molecule has 0 bridgehead atoms. The van der Waals surface area contributed by atoms with Crippen LogP contribution in [0.25, 0.3) is 0 Å². The molecule has 0 aliphatic carbocycles. The lowest BCUT2D eigenvalue weighted by Gasteiger charge is -2.12. The van der Waals surface area contributed by atoms with Gasteiger partial charge in [-0.2, -0.15) is 0 Å². The van der Waals surface area contributed by atoms with Gasteiger partial charge in [-0.15, -0.1) is 0 Å². The van der Waals surface area contributed by atoms with Crippen LogP contribution in [0.2, 0.25) is 0 Å². The summed E-state index contributed by atoms with van der Waals surface area (Å²) in [5.74, 6) is 0. The minimum absolute atomic E-state index is 0.554. The van der Waals surface area contributed by atoms with Gasteiger partial charge in [-0.05, 0) is 31.9 Å². The van der Waals surface area contributed by atoms with Gasteiger partial charge in [-0.1, -0.05) is 60.2 Å². The Hall–Kier alpha value is -1.60. The molecule has 90 valence electrons. The summed E-state index contributed by atoms with van der Waals surface area (Å²) >= 11 is 0. The fourth-order valence-electron chi connectivity index (χ4n) is 1.56. The molecule has 1 N–H and O–H groups in total. The highest BCUT2D eigenvalue weighted by atomic mass is 16.3. The van der Waals surface area contributed by atoms with Crippen molar-refractivity contribution in [3.8, 4) is 0 Å². The van der Waals surface area contributed by atoms with Gasteiger partial charge >= 0.3 is 0 Å². The first-order chi connectivity index (χ1) is 8.19. The van der Waals surface area contributed by atoms with E-state index < -0.39 is 6.10 Å². The summed E-state index contributed by atoms with van der Waals surface area (Å²) in [4.78, 5) is 0. The van der Waals surface area contributed by atoms with Gasteiger partial charge in [0.05, 0.1) is 0 Å². The van der Waals surface area contributed by atoms with E-state index in [1.807, 2.05) is 75.4 Å². The highest BCUT2D eigenvalue weighted by molar-refractivity contribution is 5.34. The molecule has 0 amide bonds. The zero-order chi connectivity index (χ0) is 12.7. The quantitative estimate of drug-likeness (QED) is 0.769. The minimum atomic E-state index is -0.554. The average Bonchev–Trinajstić information content (AvgIpc) is 2.35. The lowest BCUT2D eigenvalue weighted by atomic mass is 10.00. The van der Waals surface area contributed by atoms with Crippen LogP contribution < -0.4 is 0 Å². The van der Waals surface area contributed by atoms with Crippen molar-refractivity contribution in [2.24, 2.45) is 0 Å². The Kier molecular flexibility index (Phi) is 5.44. The zero-order valence-corrected chi connectivity index (χ0v) is 10.7. The summed E-state index contributed by atoms with van der Waals surface area (Å²) in [6.07, 6.45) is 9.16. The van der Waals surface area contributed by atoms with E-state index in [-0.39, 0.29) is 0 Å². The molecular weight excluding hydrogens is 208 g/mol. The van der Waals surface area contributed by atoms with Crippen molar-refractivity contribution in [1.82, 2.24) is 0 Å². The van der Waals surface area contributed by atoms with E-state index in [1.54, 1.807) is 0 Å². The summed E-state index contributed by atoms with van der Waals surface area (Å²) in [6, 6.07) is 7.96. The van der Waals surface area contributed by atoms with Gasteiger partial charge in [0.25, 0.3) is 0 Å². The summed E-state index contributed by atoms with van der Waals surface area (Å²) in [7, 11) is 0. The fourth-order valence-corrected chi connectivity index (χ4v) is 1.56. The van der Waals surface area contributed by atoms with E-state index in [1.165, 1.54) is 5.56 Å². The van der Waals surface area contributed by atoms with Crippen molar-refractivity contribution in [3.05, 3.63) is 71.3 Å². The zero-order valence-electron chi connectivity index (χ0n) is 10.7. The molecule has 0 aliphatic rings. The van der Waals surface area contributed by atoms with Gasteiger partial charge < -0.3 is 5.11 Å². The number of aryl methyl sites for hydroxylation is 1. The second-order valence-corrected chi connectivity index (χ2v) is 3.99. The molecule has 0 aliphatic heterocycles. The largest absolute Gasteiger partial charge is 0.384 e. The maximum Gasteiger partial charge on any atom is 0.104 e. The maximum atomic E-state index is 10.2. The van der Waals surface area contributed by atoms with Gasteiger partial charge in [0.15, 0.2) is 0 Å². The Morgan fingerprint density at radius 2 is 1.76 bits per heavy atom. The van der Waals surface area contributed by atoms with Crippen molar-refractivity contribution < 1.29 is 5.11 Å². The Morgan fingerprint density at radius 3 is 2.29 bits per heavy atom.